The molecule has 2 rings (SSSR count). The first-order valence-electron chi connectivity index (χ1n) is 7.89. The van der Waals surface area contributed by atoms with Gasteiger partial charge in [-0.1, -0.05) is 25.7 Å². The third-order valence-electron chi connectivity index (χ3n) is 4.78. The zero-order chi connectivity index (χ0) is 14.6. The molecular weight excluding hydrogens is 276 g/mol. The molecule has 118 valence electrons. The van der Waals surface area contributed by atoms with E-state index in [-0.39, 0.29) is 18.1 Å². The summed E-state index contributed by atoms with van der Waals surface area (Å²) in [6.07, 6.45) is 8.73. The van der Waals surface area contributed by atoms with Gasteiger partial charge in [0, 0.05) is 19.6 Å². The lowest BCUT2D eigenvalue weighted by Gasteiger charge is -2.31. The Labute approximate surface area is 122 Å². The van der Waals surface area contributed by atoms with Crippen LogP contribution in [0.3, 0.4) is 0 Å². The fourth-order valence-corrected chi connectivity index (χ4v) is 4.67. The molecule has 2 fully saturated rings. The Morgan fingerprint density at radius 2 is 1.80 bits per heavy atom. The predicted molar refractivity (Wildman–Crippen MR) is 79.5 cm³/mol. The summed E-state index contributed by atoms with van der Waals surface area (Å²) in [5, 5.41) is 9.63. The van der Waals surface area contributed by atoms with Crippen molar-refractivity contribution in [3.05, 3.63) is 0 Å². The zero-order valence-electron chi connectivity index (χ0n) is 12.4. The van der Waals surface area contributed by atoms with Crippen LogP contribution >= 0.6 is 0 Å². The smallest absolute Gasteiger partial charge is 0.279 e. The van der Waals surface area contributed by atoms with Crippen molar-refractivity contribution in [3.8, 4) is 0 Å². The van der Waals surface area contributed by atoms with Crippen LogP contribution in [0.1, 0.15) is 57.8 Å². The molecule has 0 aromatic carbocycles. The second kappa shape index (κ2) is 7.20. The lowest BCUT2D eigenvalue weighted by atomic mass is 9.87. The summed E-state index contributed by atoms with van der Waals surface area (Å²) in [7, 11) is -1.69. The van der Waals surface area contributed by atoms with Crippen LogP contribution in [0, 0.1) is 5.92 Å². The third-order valence-corrected chi connectivity index (χ3v) is 6.37. The molecule has 2 saturated carbocycles. The van der Waals surface area contributed by atoms with E-state index in [4.69, 9.17) is 0 Å². The summed E-state index contributed by atoms with van der Waals surface area (Å²) < 4.78 is 28.9. The van der Waals surface area contributed by atoms with Crippen LogP contribution in [-0.2, 0) is 10.2 Å². The maximum absolute atomic E-state index is 12.3. The SMILES string of the molecule is CN(C1CCCCC1)S(=O)(=O)NCC1CCCC(O)C1. The van der Waals surface area contributed by atoms with Crippen LogP contribution in [-0.4, -0.2) is 43.6 Å². The van der Waals surface area contributed by atoms with Crippen molar-refractivity contribution in [3.63, 3.8) is 0 Å². The van der Waals surface area contributed by atoms with Crippen molar-refractivity contribution in [2.24, 2.45) is 5.92 Å². The molecule has 2 N–H and O–H groups in total. The molecule has 0 spiro atoms. The molecule has 5 nitrogen and oxygen atoms in total. The second-order valence-corrected chi connectivity index (χ2v) is 8.16. The number of nitrogens with one attached hydrogen (secondary N) is 1. The van der Waals surface area contributed by atoms with E-state index in [2.05, 4.69) is 4.72 Å². The molecule has 6 heteroatoms. The average molecular weight is 304 g/mol. The molecular formula is C14H28N2O3S. The van der Waals surface area contributed by atoms with Crippen molar-refractivity contribution in [2.75, 3.05) is 13.6 Å². The lowest BCUT2D eigenvalue weighted by molar-refractivity contribution is 0.102. The molecule has 0 saturated heterocycles. The summed E-state index contributed by atoms with van der Waals surface area (Å²) in [4.78, 5) is 0. The Bertz CT molecular complexity index is 393. The highest BCUT2D eigenvalue weighted by molar-refractivity contribution is 7.87. The minimum absolute atomic E-state index is 0.151. The Balaban J connectivity index is 1.83. The van der Waals surface area contributed by atoms with Gasteiger partial charge >= 0.3 is 0 Å². The van der Waals surface area contributed by atoms with E-state index < -0.39 is 10.2 Å². The van der Waals surface area contributed by atoms with E-state index in [1.165, 1.54) is 10.7 Å². The van der Waals surface area contributed by atoms with E-state index in [0.717, 1.165) is 51.4 Å². The van der Waals surface area contributed by atoms with Gasteiger partial charge in [0.15, 0.2) is 0 Å². The van der Waals surface area contributed by atoms with Gasteiger partial charge in [0.2, 0.25) is 0 Å². The van der Waals surface area contributed by atoms with Crippen molar-refractivity contribution < 1.29 is 13.5 Å². The quantitative estimate of drug-likeness (QED) is 0.811. The molecule has 0 bridgehead atoms. The average Bonchev–Trinajstić information content (AvgIpc) is 2.45. The van der Waals surface area contributed by atoms with Crippen molar-refractivity contribution in [1.82, 2.24) is 9.03 Å². The highest BCUT2D eigenvalue weighted by atomic mass is 32.2. The van der Waals surface area contributed by atoms with Crippen molar-refractivity contribution in [1.29, 1.82) is 0 Å². The molecule has 2 atom stereocenters. The number of aliphatic hydroxyl groups is 1. The van der Waals surface area contributed by atoms with Crippen molar-refractivity contribution >= 4 is 10.2 Å². The Hall–Kier alpha value is -0.170. The van der Waals surface area contributed by atoms with Gasteiger partial charge in [-0.3, -0.25) is 0 Å². The Kier molecular flexibility index (Phi) is 5.84. The topological polar surface area (TPSA) is 69.6 Å². The summed E-state index contributed by atoms with van der Waals surface area (Å²) in [5.74, 6) is 0.272. The van der Waals surface area contributed by atoms with Gasteiger partial charge in [0.05, 0.1) is 6.10 Å². The van der Waals surface area contributed by atoms with E-state index in [0.29, 0.717) is 6.54 Å². The van der Waals surface area contributed by atoms with E-state index in [1.807, 2.05) is 0 Å². The number of rotatable bonds is 5. The van der Waals surface area contributed by atoms with Gasteiger partial charge in [-0.25, -0.2) is 4.72 Å². The number of aliphatic hydroxyl groups excluding tert-OH is 1. The van der Waals surface area contributed by atoms with Gasteiger partial charge in [-0.2, -0.15) is 12.7 Å². The molecule has 2 aliphatic carbocycles. The number of hydrogen-bond donors (Lipinski definition) is 2. The molecule has 0 heterocycles. The first kappa shape index (κ1) is 16.2. The predicted octanol–water partition coefficient (Wildman–Crippen LogP) is 1.64. The monoisotopic (exact) mass is 304 g/mol. The highest BCUT2D eigenvalue weighted by Gasteiger charge is 2.28. The van der Waals surface area contributed by atoms with Gasteiger partial charge in [0.25, 0.3) is 10.2 Å². The van der Waals surface area contributed by atoms with Crippen LogP contribution in [0.5, 0.6) is 0 Å². The number of hydrogen-bond acceptors (Lipinski definition) is 3. The lowest BCUT2D eigenvalue weighted by Crippen LogP contribution is -2.46. The largest absolute Gasteiger partial charge is 0.393 e. The van der Waals surface area contributed by atoms with Crippen LogP contribution in [0.2, 0.25) is 0 Å². The van der Waals surface area contributed by atoms with Gasteiger partial charge in [-0.15, -0.1) is 0 Å². The van der Waals surface area contributed by atoms with E-state index in [1.54, 1.807) is 7.05 Å². The summed E-state index contributed by atoms with van der Waals surface area (Å²) in [6, 6.07) is 0.151. The Morgan fingerprint density at radius 3 is 2.45 bits per heavy atom. The van der Waals surface area contributed by atoms with Crippen molar-refractivity contribution in [2.45, 2.75) is 69.9 Å². The first-order valence-corrected chi connectivity index (χ1v) is 9.33. The van der Waals surface area contributed by atoms with Gasteiger partial charge in [-0.05, 0) is 38.0 Å². The van der Waals surface area contributed by atoms with E-state index in [9.17, 15) is 13.5 Å². The second-order valence-electron chi connectivity index (χ2n) is 6.35. The third kappa shape index (κ3) is 4.41. The van der Waals surface area contributed by atoms with Gasteiger partial charge < -0.3 is 5.11 Å². The molecule has 0 radical (unpaired) electrons. The fourth-order valence-electron chi connectivity index (χ4n) is 3.41. The van der Waals surface area contributed by atoms with Gasteiger partial charge in [0.1, 0.15) is 0 Å². The highest BCUT2D eigenvalue weighted by Crippen LogP contribution is 2.25. The van der Waals surface area contributed by atoms with Crippen LogP contribution < -0.4 is 4.72 Å². The maximum Gasteiger partial charge on any atom is 0.279 e. The standard InChI is InChI=1S/C14H28N2O3S/c1-16(13-7-3-2-4-8-13)20(18,19)15-11-12-6-5-9-14(17)10-12/h12-15,17H,2-11H2,1H3. The van der Waals surface area contributed by atoms with Crippen LogP contribution in [0.4, 0.5) is 0 Å². The minimum atomic E-state index is -3.38. The minimum Gasteiger partial charge on any atom is -0.393 e. The van der Waals surface area contributed by atoms with Crippen LogP contribution in [0.15, 0.2) is 0 Å². The fraction of sp³-hybridized carbons (Fsp3) is 1.00. The summed E-state index contributed by atoms with van der Waals surface area (Å²) >= 11 is 0. The molecule has 20 heavy (non-hydrogen) atoms. The maximum atomic E-state index is 12.3. The normalized spacial score (nSPS) is 29.8. The van der Waals surface area contributed by atoms with Crippen LogP contribution in [0.25, 0.3) is 0 Å². The zero-order valence-corrected chi connectivity index (χ0v) is 13.2. The molecule has 0 aromatic rings. The molecule has 2 unspecified atom stereocenters. The molecule has 0 aromatic heterocycles. The summed E-state index contributed by atoms with van der Waals surface area (Å²) in [6.45, 7) is 0.455. The molecule has 0 aliphatic heterocycles. The molecule has 0 amide bonds. The van der Waals surface area contributed by atoms with E-state index >= 15 is 0 Å². The summed E-state index contributed by atoms with van der Waals surface area (Å²) in [5.41, 5.74) is 0. The molecule has 2 aliphatic rings. The first-order chi connectivity index (χ1) is 9.49. The number of nitrogens with zero attached hydrogens (tertiary/aromatic N) is 1. The Morgan fingerprint density at radius 1 is 1.10 bits per heavy atom.